The van der Waals surface area contributed by atoms with Gasteiger partial charge in [0.05, 0.1) is 6.54 Å². The SMILES string of the molecule is CN1CCCN(C)C1=O.CN1CCN(C)C(=O)C1.CN1CCN(C)C1=O. The molecule has 0 bridgehead atoms. The van der Waals surface area contributed by atoms with Gasteiger partial charge in [0, 0.05) is 74.5 Å². The van der Waals surface area contributed by atoms with Gasteiger partial charge in [0.25, 0.3) is 0 Å². The lowest BCUT2D eigenvalue weighted by molar-refractivity contribution is -0.133. The number of hydrogen-bond donors (Lipinski definition) is 0. The first-order valence-corrected chi connectivity index (χ1v) is 8.98. The summed E-state index contributed by atoms with van der Waals surface area (Å²) in [6.45, 7) is 6.01. The first kappa shape index (κ1) is 22.0. The van der Waals surface area contributed by atoms with Gasteiger partial charge in [-0.2, -0.15) is 0 Å². The predicted octanol–water partition coefficient (Wildman–Crippen LogP) is -0.252. The van der Waals surface area contributed by atoms with E-state index in [0.29, 0.717) is 6.54 Å². The summed E-state index contributed by atoms with van der Waals surface area (Å²) in [6.07, 6.45) is 1.10. The number of hydrogen-bond acceptors (Lipinski definition) is 4. The second kappa shape index (κ2) is 10.2. The van der Waals surface area contributed by atoms with E-state index in [1.54, 1.807) is 24.5 Å². The largest absolute Gasteiger partial charge is 0.343 e. The summed E-state index contributed by atoms with van der Waals surface area (Å²) >= 11 is 0. The molecular weight excluding hydrogens is 336 g/mol. The molecule has 0 N–H and O–H groups in total. The van der Waals surface area contributed by atoms with E-state index >= 15 is 0 Å². The number of piperazine rings is 1. The average molecular weight is 370 g/mol. The quantitative estimate of drug-likeness (QED) is 0.589. The molecule has 0 aliphatic carbocycles. The molecule has 3 heterocycles. The zero-order chi connectivity index (χ0) is 19.9. The minimum atomic E-state index is 0.130. The van der Waals surface area contributed by atoms with Crippen LogP contribution < -0.4 is 0 Å². The van der Waals surface area contributed by atoms with Crippen molar-refractivity contribution in [3.63, 3.8) is 0 Å². The van der Waals surface area contributed by atoms with E-state index in [1.165, 1.54) is 0 Å². The number of amides is 5. The fourth-order valence-corrected chi connectivity index (χ4v) is 2.69. The molecule has 9 heteroatoms. The Kier molecular flexibility index (Phi) is 8.64. The molecule has 5 amide bonds. The van der Waals surface area contributed by atoms with E-state index in [2.05, 4.69) is 0 Å². The molecule has 0 aromatic carbocycles. The highest BCUT2D eigenvalue weighted by Gasteiger charge is 2.20. The van der Waals surface area contributed by atoms with E-state index in [9.17, 15) is 14.4 Å². The molecule has 9 nitrogen and oxygen atoms in total. The van der Waals surface area contributed by atoms with Crippen LogP contribution in [0, 0.1) is 0 Å². The molecule has 0 aromatic heterocycles. The Morgan fingerprint density at radius 1 is 0.538 bits per heavy atom. The molecule has 26 heavy (non-hydrogen) atoms. The van der Waals surface area contributed by atoms with Crippen LogP contribution in [0.2, 0.25) is 0 Å². The monoisotopic (exact) mass is 370 g/mol. The van der Waals surface area contributed by atoms with Crippen molar-refractivity contribution in [2.45, 2.75) is 6.42 Å². The van der Waals surface area contributed by atoms with Gasteiger partial charge in [-0.25, -0.2) is 9.59 Å². The number of nitrogens with zero attached hydrogens (tertiary/aromatic N) is 6. The zero-order valence-electron chi connectivity index (χ0n) is 17.1. The molecule has 0 aromatic rings. The Bertz CT molecular complexity index is 477. The number of rotatable bonds is 0. The predicted molar refractivity (Wildman–Crippen MR) is 101 cm³/mol. The Balaban J connectivity index is 0.000000195. The molecule has 0 radical (unpaired) electrons. The van der Waals surface area contributed by atoms with Crippen molar-refractivity contribution in [2.24, 2.45) is 0 Å². The lowest BCUT2D eigenvalue weighted by Gasteiger charge is -2.30. The fraction of sp³-hybridized carbons (Fsp3) is 0.824. The fourth-order valence-electron chi connectivity index (χ4n) is 2.69. The lowest BCUT2D eigenvalue weighted by Crippen LogP contribution is -2.46. The third kappa shape index (κ3) is 6.70. The van der Waals surface area contributed by atoms with Gasteiger partial charge >= 0.3 is 12.1 Å². The van der Waals surface area contributed by atoms with Crippen LogP contribution in [0.15, 0.2) is 0 Å². The highest BCUT2D eigenvalue weighted by molar-refractivity contribution is 5.78. The van der Waals surface area contributed by atoms with Gasteiger partial charge in [-0.05, 0) is 13.5 Å². The summed E-state index contributed by atoms with van der Waals surface area (Å²) in [5.41, 5.74) is 0. The number of likely N-dealkylation sites (N-methyl/N-ethyl adjacent to an activating group) is 4. The van der Waals surface area contributed by atoms with Crippen LogP contribution in [-0.4, -0.2) is 135 Å². The average Bonchev–Trinajstić information content (AvgIpc) is 2.88. The Hall–Kier alpha value is -2.03. The molecule has 3 aliphatic heterocycles. The smallest absolute Gasteiger partial charge is 0.319 e. The summed E-state index contributed by atoms with van der Waals surface area (Å²) in [7, 11) is 11.1. The molecule has 3 fully saturated rings. The zero-order valence-corrected chi connectivity index (χ0v) is 17.1. The number of urea groups is 2. The summed E-state index contributed by atoms with van der Waals surface area (Å²) < 4.78 is 0. The van der Waals surface area contributed by atoms with Crippen LogP contribution in [0.5, 0.6) is 0 Å². The van der Waals surface area contributed by atoms with Gasteiger partial charge in [-0.15, -0.1) is 0 Å². The summed E-state index contributed by atoms with van der Waals surface area (Å²) in [5.74, 6) is 0.226. The van der Waals surface area contributed by atoms with E-state index in [0.717, 1.165) is 45.7 Å². The van der Waals surface area contributed by atoms with Crippen LogP contribution in [0.1, 0.15) is 6.42 Å². The van der Waals surface area contributed by atoms with Gasteiger partial charge in [0.1, 0.15) is 0 Å². The van der Waals surface area contributed by atoms with Crippen molar-refractivity contribution in [1.29, 1.82) is 0 Å². The number of carbonyl (C=O) groups excluding carboxylic acids is 3. The Morgan fingerprint density at radius 2 is 0.923 bits per heavy atom. The maximum absolute atomic E-state index is 11.0. The first-order chi connectivity index (χ1) is 12.1. The van der Waals surface area contributed by atoms with Crippen LogP contribution in [0.3, 0.4) is 0 Å². The van der Waals surface area contributed by atoms with Crippen LogP contribution in [0.4, 0.5) is 9.59 Å². The summed E-state index contributed by atoms with van der Waals surface area (Å²) in [5, 5.41) is 0. The first-order valence-electron chi connectivity index (χ1n) is 8.98. The minimum Gasteiger partial charge on any atom is -0.343 e. The van der Waals surface area contributed by atoms with Crippen molar-refractivity contribution in [3.8, 4) is 0 Å². The highest BCUT2D eigenvalue weighted by atomic mass is 16.2. The van der Waals surface area contributed by atoms with Crippen molar-refractivity contribution in [3.05, 3.63) is 0 Å². The molecule has 0 unspecified atom stereocenters. The second-order valence-corrected chi connectivity index (χ2v) is 7.16. The molecule has 3 rings (SSSR count). The molecule has 0 saturated carbocycles. The van der Waals surface area contributed by atoms with Crippen LogP contribution in [0.25, 0.3) is 0 Å². The van der Waals surface area contributed by atoms with E-state index < -0.39 is 0 Å². The maximum atomic E-state index is 11.0. The van der Waals surface area contributed by atoms with E-state index in [1.807, 2.05) is 47.2 Å². The normalized spacial score (nSPS) is 21.5. The van der Waals surface area contributed by atoms with Gasteiger partial charge < -0.3 is 24.5 Å². The van der Waals surface area contributed by atoms with Crippen molar-refractivity contribution >= 4 is 18.0 Å². The minimum absolute atomic E-state index is 0.130. The van der Waals surface area contributed by atoms with Gasteiger partial charge in [0.2, 0.25) is 5.91 Å². The molecule has 0 atom stereocenters. The van der Waals surface area contributed by atoms with Crippen LogP contribution in [-0.2, 0) is 4.79 Å². The molecule has 0 spiro atoms. The van der Waals surface area contributed by atoms with Crippen molar-refractivity contribution in [1.82, 2.24) is 29.4 Å². The third-order valence-corrected chi connectivity index (χ3v) is 4.71. The molecule has 3 aliphatic rings. The van der Waals surface area contributed by atoms with E-state index in [4.69, 9.17) is 0 Å². The molecular formula is C17H34N6O3. The van der Waals surface area contributed by atoms with Crippen molar-refractivity contribution < 1.29 is 14.4 Å². The molecule has 3 saturated heterocycles. The van der Waals surface area contributed by atoms with Crippen molar-refractivity contribution in [2.75, 3.05) is 88.1 Å². The van der Waals surface area contributed by atoms with Gasteiger partial charge in [0.15, 0.2) is 0 Å². The summed E-state index contributed by atoms with van der Waals surface area (Å²) in [4.78, 5) is 43.3. The topological polar surface area (TPSA) is 70.7 Å². The Labute approximate surface area is 157 Å². The second-order valence-electron chi connectivity index (χ2n) is 7.16. The summed E-state index contributed by atoms with van der Waals surface area (Å²) in [6, 6.07) is 0.270. The lowest BCUT2D eigenvalue weighted by atomic mass is 10.3. The van der Waals surface area contributed by atoms with Gasteiger partial charge in [-0.3, -0.25) is 9.69 Å². The third-order valence-electron chi connectivity index (χ3n) is 4.71. The Morgan fingerprint density at radius 3 is 1.23 bits per heavy atom. The highest BCUT2D eigenvalue weighted by Crippen LogP contribution is 2.03. The standard InChI is InChI=1S/2C6H12N2O.C5H10N2O/c1-7-3-4-8(2)6(9)5-7;1-7-4-3-5-8(2)6(7)9;1-6-3-4-7(2)5(6)8/h2*3-5H2,1-2H3;3-4H2,1-2H3. The van der Waals surface area contributed by atoms with Crippen LogP contribution >= 0.6 is 0 Å². The molecule has 150 valence electrons. The van der Waals surface area contributed by atoms with E-state index in [-0.39, 0.29) is 18.0 Å². The number of carbonyl (C=O) groups is 3. The maximum Gasteiger partial charge on any atom is 0.319 e. The van der Waals surface area contributed by atoms with Gasteiger partial charge in [-0.1, -0.05) is 0 Å².